The van der Waals surface area contributed by atoms with Gasteiger partial charge in [0, 0.05) is 27.7 Å². The predicted octanol–water partition coefficient (Wildman–Crippen LogP) is -0.364. The molecular weight excluding hydrogens is 338 g/mol. The number of ether oxygens (including phenoxy) is 5. The minimum absolute atomic E-state index is 0.351. The molecule has 1 aliphatic heterocycles. The van der Waals surface area contributed by atoms with Crippen LogP contribution in [0.2, 0.25) is 0 Å². The minimum Gasteiger partial charge on any atom is -0.463 e. The number of esters is 4. The summed E-state index contributed by atoms with van der Waals surface area (Å²) in [5, 5.41) is 9.27. The van der Waals surface area contributed by atoms with E-state index in [4.69, 9.17) is 23.7 Å². The van der Waals surface area contributed by atoms with Crippen molar-refractivity contribution in [2.45, 2.75) is 58.2 Å². The molecule has 0 spiro atoms. The van der Waals surface area contributed by atoms with Crippen LogP contribution in [0.1, 0.15) is 27.7 Å². The third-order valence-electron chi connectivity index (χ3n) is 3.12. The molecule has 1 aliphatic rings. The summed E-state index contributed by atoms with van der Waals surface area (Å²) < 4.78 is 25.6. The molecule has 0 saturated carbocycles. The van der Waals surface area contributed by atoms with Gasteiger partial charge in [-0.15, -0.1) is 0 Å². The van der Waals surface area contributed by atoms with Crippen LogP contribution in [0.4, 0.5) is 0 Å². The lowest BCUT2D eigenvalue weighted by molar-refractivity contribution is -0.243. The third kappa shape index (κ3) is 6.04. The molecule has 0 aromatic heterocycles. The van der Waals surface area contributed by atoms with Crippen LogP contribution >= 0.6 is 0 Å². The highest BCUT2D eigenvalue weighted by Gasteiger charge is 2.52. The number of nitrogens with zero attached hydrogens (tertiary/aromatic N) is 1. The van der Waals surface area contributed by atoms with Crippen molar-refractivity contribution in [3.63, 3.8) is 0 Å². The molecule has 25 heavy (non-hydrogen) atoms. The van der Waals surface area contributed by atoms with Crippen molar-refractivity contribution >= 4 is 23.9 Å². The van der Waals surface area contributed by atoms with E-state index in [-0.39, 0.29) is 6.61 Å². The molecule has 5 atom stereocenters. The van der Waals surface area contributed by atoms with E-state index in [0.29, 0.717) is 0 Å². The molecule has 1 fully saturated rings. The highest BCUT2D eigenvalue weighted by molar-refractivity contribution is 5.68. The maximum absolute atomic E-state index is 11.4. The lowest BCUT2D eigenvalue weighted by Crippen LogP contribution is -2.62. The second-order valence-electron chi connectivity index (χ2n) is 5.25. The molecule has 5 unspecified atom stereocenters. The minimum atomic E-state index is -1.32. The highest BCUT2D eigenvalue weighted by atomic mass is 16.7. The number of hydrogen-bond donors (Lipinski definition) is 0. The van der Waals surface area contributed by atoms with E-state index < -0.39 is 54.4 Å². The summed E-state index contributed by atoms with van der Waals surface area (Å²) in [4.78, 5) is 45.2. The van der Waals surface area contributed by atoms with E-state index in [1.807, 2.05) is 0 Å². The first-order valence-corrected chi connectivity index (χ1v) is 7.35. The normalized spacial score (nSPS) is 28.2. The van der Waals surface area contributed by atoms with E-state index in [1.165, 1.54) is 0 Å². The van der Waals surface area contributed by atoms with Crippen LogP contribution in [-0.2, 0) is 42.9 Å². The van der Waals surface area contributed by atoms with Gasteiger partial charge in [-0.2, -0.15) is 5.26 Å². The fourth-order valence-corrected chi connectivity index (χ4v) is 2.33. The van der Waals surface area contributed by atoms with Crippen LogP contribution in [0.3, 0.4) is 0 Å². The smallest absolute Gasteiger partial charge is 0.303 e. The van der Waals surface area contributed by atoms with Gasteiger partial charge in [0.05, 0.1) is 6.07 Å². The second-order valence-corrected chi connectivity index (χ2v) is 5.25. The lowest BCUT2D eigenvalue weighted by Gasteiger charge is -2.42. The van der Waals surface area contributed by atoms with E-state index in [0.717, 1.165) is 27.7 Å². The van der Waals surface area contributed by atoms with Gasteiger partial charge in [0.2, 0.25) is 0 Å². The Balaban J connectivity index is 3.21. The van der Waals surface area contributed by atoms with Crippen molar-refractivity contribution in [1.82, 2.24) is 0 Å². The molecule has 0 aromatic carbocycles. The van der Waals surface area contributed by atoms with Crippen molar-refractivity contribution in [1.29, 1.82) is 5.26 Å². The van der Waals surface area contributed by atoms with Gasteiger partial charge >= 0.3 is 23.9 Å². The first-order chi connectivity index (χ1) is 11.6. The van der Waals surface area contributed by atoms with Gasteiger partial charge in [0.1, 0.15) is 12.7 Å². The van der Waals surface area contributed by atoms with Crippen LogP contribution in [0, 0.1) is 11.3 Å². The van der Waals surface area contributed by atoms with E-state index in [9.17, 15) is 24.4 Å². The summed E-state index contributed by atoms with van der Waals surface area (Å²) in [6.07, 6.45) is -6.27. The summed E-state index contributed by atoms with van der Waals surface area (Å²) >= 11 is 0. The molecule has 10 heteroatoms. The summed E-state index contributed by atoms with van der Waals surface area (Å²) in [5.74, 6) is -2.84. The molecule has 0 amide bonds. The Kier molecular flexibility index (Phi) is 7.32. The van der Waals surface area contributed by atoms with Gasteiger partial charge in [0.15, 0.2) is 24.4 Å². The first-order valence-electron chi connectivity index (χ1n) is 7.35. The van der Waals surface area contributed by atoms with Crippen LogP contribution < -0.4 is 0 Å². The zero-order chi connectivity index (χ0) is 19.1. The van der Waals surface area contributed by atoms with Gasteiger partial charge in [-0.3, -0.25) is 19.2 Å². The van der Waals surface area contributed by atoms with Crippen molar-refractivity contribution < 1.29 is 42.9 Å². The summed E-state index contributed by atoms with van der Waals surface area (Å²) in [7, 11) is 0. The molecule has 0 aliphatic carbocycles. The summed E-state index contributed by atoms with van der Waals surface area (Å²) in [5.41, 5.74) is 0. The Labute approximate surface area is 143 Å². The average molecular weight is 357 g/mol. The van der Waals surface area contributed by atoms with Gasteiger partial charge in [-0.1, -0.05) is 0 Å². The third-order valence-corrected chi connectivity index (χ3v) is 3.12. The fraction of sp³-hybridized carbons (Fsp3) is 0.667. The zero-order valence-corrected chi connectivity index (χ0v) is 14.2. The van der Waals surface area contributed by atoms with Crippen LogP contribution in [0.25, 0.3) is 0 Å². The van der Waals surface area contributed by atoms with Gasteiger partial charge in [-0.05, 0) is 0 Å². The van der Waals surface area contributed by atoms with Crippen LogP contribution in [-0.4, -0.2) is 61.0 Å². The molecule has 1 heterocycles. The average Bonchev–Trinajstić information content (AvgIpc) is 2.48. The van der Waals surface area contributed by atoms with Gasteiger partial charge in [-0.25, -0.2) is 0 Å². The van der Waals surface area contributed by atoms with Crippen LogP contribution in [0.15, 0.2) is 0 Å². The standard InChI is InChI=1S/C15H19NO9/c1-7(17)21-6-12-14(23-9(3)19)15(24-10(4)20)13(22-8(2)18)11(5-16)25-12/h11-15H,6H2,1-4H3. The SMILES string of the molecule is CC(=O)OCC1OC(C#N)C(OC(C)=O)C(OC(C)=O)C1OC(C)=O. The number of carbonyl (C=O) groups is 4. The summed E-state index contributed by atoms with van der Waals surface area (Å²) in [6, 6.07) is 1.78. The number of carbonyl (C=O) groups excluding carboxylic acids is 4. The molecule has 0 radical (unpaired) electrons. The molecule has 138 valence electrons. The van der Waals surface area contributed by atoms with Crippen molar-refractivity contribution in [3.05, 3.63) is 0 Å². The molecule has 0 N–H and O–H groups in total. The molecule has 1 saturated heterocycles. The maximum atomic E-state index is 11.4. The van der Waals surface area contributed by atoms with Crippen molar-refractivity contribution in [2.75, 3.05) is 6.61 Å². The fourth-order valence-electron chi connectivity index (χ4n) is 2.33. The highest BCUT2D eigenvalue weighted by Crippen LogP contribution is 2.28. The maximum Gasteiger partial charge on any atom is 0.303 e. The predicted molar refractivity (Wildman–Crippen MR) is 77.6 cm³/mol. The number of hydrogen-bond acceptors (Lipinski definition) is 10. The van der Waals surface area contributed by atoms with E-state index in [1.54, 1.807) is 6.07 Å². The molecule has 0 aromatic rings. The summed E-state index contributed by atoms with van der Waals surface area (Å²) in [6.45, 7) is 4.14. The Morgan fingerprint density at radius 3 is 1.76 bits per heavy atom. The van der Waals surface area contributed by atoms with Crippen molar-refractivity contribution in [3.8, 4) is 6.07 Å². The Morgan fingerprint density at radius 1 is 0.840 bits per heavy atom. The van der Waals surface area contributed by atoms with Gasteiger partial charge in [0.25, 0.3) is 0 Å². The topological polar surface area (TPSA) is 138 Å². The van der Waals surface area contributed by atoms with E-state index >= 15 is 0 Å². The van der Waals surface area contributed by atoms with Gasteiger partial charge < -0.3 is 23.7 Å². The lowest BCUT2D eigenvalue weighted by atomic mass is 9.94. The van der Waals surface area contributed by atoms with Crippen LogP contribution in [0.5, 0.6) is 0 Å². The second kappa shape index (κ2) is 8.98. The monoisotopic (exact) mass is 357 g/mol. The Bertz CT molecular complexity index is 582. The van der Waals surface area contributed by atoms with E-state index in [2.05, 4.69) is 0 Å². The zero-order valence-electron chi connectivity index (χ0n) is 14.2. The quantitative estimate of drug-likeness (QED) is 0.473. The molecule has 1 rings (SSSR count). The Morgan fingerprint density at radius 2 is 1.32 bits per heavy atom. The Hall–Kier alpha value is -2.67. The molecular formula is C15H19NO9. The first kappa shape index (κ1) is 20.4. The molecule has 10 nitrogen and oxygen atoms in total. The van der Waals surface area contributed by atoms with Crippen molar-refractivity contribution in [2.24, 2.45) is 0 Å². The molecule has 0 bridgehead atoms. The number of nitriles is 1. The largest absolute Gasteiger partial charge is 0.463 e. The number of rotatable bonds is 5.